The molecular formula is C16H29NO2. The third-order valence-electron chi connectivity index (χ3n) is 4.77. The Morgan fingerprint density at radius 2 is 2.00 bits per heavy atom. The maximum atomic E-state index is 11.8. The lowest BCUT2D eigenvalue weighted by Crippen LogP contribution is -2.48. The normalized spacial score (nSPS) is 31.2. The minimum Gasteiger partial charge on any atom is -0.466 e. The van der Waals surface area contributed by atoms with Crippen LogP contribution in [0.3, 0.4) is 0 Å². The zero-order valence-corrected chi connectivity index (χ0v) is 12.6. The standard InChI is InChI=1S/C16H29NO2/c1-3-5-7-13-10-11-14-8-6-9-15(17(13)14)12-16(18)19-4-2/h13-15H,3-12H2,1-2H3/t13-,14-,15-/m1/s1. The topological polar surface area (TPSA) is 29.5 Å². The molecule has 0 unspecified atom stereocenters. The Morgan fingerprint density at radius 1 is 1.16 bits per heavy atom. The van der Waals surface area contributed by atoms with Gasteiger partial charge in [0.25, 0.3) is 0 Å². The number of hydrogen-bond acceptors (Lipinski definition) is 3. The first-order chi connectivity index (χ1) is 9.26. The van der Waals surface area contributed by atoms with Crippen LogP contribution in [0.1, 0.15) is 71.6 Å². The van der Waals surface area contributed by atoms with E-state index in [9.17, 15) is 4.79 Å². The second-order valence-corrected chi connectivity index (χ2v) is 6.07. The van der Waals surface area contributed by atoms with Crippen molar-refractivity contribution in [3.8, 4) is 0 Å². The van der Waals surface area contributed by atoms with Crippen LogP contribution in [0.25, 0.3) is 0 Å². The fourth-order valence-corrected chi connectivity index (χ4v) is 3.96. The van der Waals surface area contributed by atoms with Gasteiger partial charge in [-0.25, -0.2) is 0 Å². The monoisotopic (exact) mass is 267 g/mol. The molecule has 0 saturated carbocycles. The molecule has 2 aliphatic rings. The van der Waals surface area contributed by atoms with Gasteiger partial charge in [0.1, 0.15) is 0 Å². The summed E-state index contributed by atoms with van der Waals surface area (Å²) in [6, 6.07) is 1.92. The predicted octanol–water partition coefficient (Wildman–Crippen LogP) is 3.52. The fourth-order valence-electron chi connectivity index (χ4n) is 3.96. The summed E-state index contributed by atoms with van der Waals surface area (Å²) in [5.41, 5.74) is 0. The summed E-state index contributed by atoms with van der Waals surface area (Å²) in [4.78, 5) is 14.5. The van der Waals surface area contributed by atoms with Crippen LogP contribution in [-0.2, 0) is 9.53 Å². The molecule has 3 heteroatoms. The lowest BCUT2D eigenvalue weighted by Gasteiger charge is -2.41. The summed E-state index contributed by atoms with van der Waals surface area (Å²) >= 11 is 0. The van der Waals surface area contributed by atoms with Gasteiger partial charge >= 0.3 is 5.97 Å². The lowest BCUT2D eigenvalue weighted by molar-refractivity contribution is -0.145. The van der Waals surface area contributed by atoms with E-state index >= 15 is 0 Å². The number of fused-ring (bicyclic) bond motifs is 1. The number of esters is 1. The number of ether oxygens (including phenoxy) is 1. The van der Waals surface area contributed by atoms with Crippen molar-refractivity contribution in [1.82, 2.24) is 4.90 Å². The van der Waals surface area contributed by atoms with Crippen molar-refractivity contribution in [2.24, 2.45) is 0 Å². The van der Waals surface area contributed by atoms with E-state index in [0.717, 1.165) is 12.1 Å². The van der Waals surface area contributed by atoms with Gasteiger partial charge < -0.3 is 4.74 Å². The van der Waals surface area contributed by atoms with Gasteiger partial charge in [-0.1, -0.05) is 26.2 Å². The predicted molar refractivity (Wildman–Crippen MR) is 77.1 cm³/mol. The minimum atomic E-state index is -0.00529. The van der Waals surface area contributed by atoms with Crippen molar-refractivity contribution >= 4 is 5.97 Å². The number of carbonyl (C=O) groups is 1. The Bertz CT molecular complexity index is 292. The van der Waals surface area contributed by atoms with Crippen molar-refractivity contribution < 1.29 is 9.53 Å². The lowest BCUT2D eigenvalue weighted by atomic mass is 9.94. The third kappa shape index (κ3) is 3.71. The highest BCUT2D eigenvalue weighted by Gasteiger charge is 2.40. The van der Waals surface area contributed by atoms with E-state index in [1.54, 1.807) is 0 Å². The van der Waals surface area contributed by atoms with Crippen molar-refractivity contribution in [2.75, 3.05) is 6.61 Å². The van der Waals surface area contributed by atoms with Crippen molar-refractivity contribution in [2.45, 2.75) is 89.8 Å². The Morgan fingerprint density at radius 3 is 2.74 bits per heavy atom. The maximum Gasteiger partial charge on any atom is 0.307 e. The second kappa shape index (κ2) is 7.28. The first-order valence-corrected chi connectivity index (χ1v) is 8.19. The van der Waals surface area contributed by atoms with E-state index in [0.29, 0.717) is 19.1 Å². The van der Waals surface area contributed by atoms with Gasteiger partial charge in [0, 0.05) is 18.1 Å². The molecule has 0 spiro atoms. The van der Waals surface area contributed by atoms with Gasteiger partial charge in [-0.3, -0.25) is 9.69 Å². The van der Waals surface area contributed by atoms with E-state index in [1.807, 2.05) is 6.92 Å². The van der Waals surface area contributed by atoms with Crippen LogP contribution in [-0.4, -0.2) is 35.6 Å². The molecule has 0 radical (unpaired) electrons. The van der Waals surface area contributed by atoms with E-state index in [1.165, 1.54) is 51.4 Å². The second-order valence-electron chi connectivity index (χ2n) is 6.07. The number of nitrogens with zero attached hydrogens (tertiary/aromatic N) is 1. The molecule has 2 saturated heterocycles. The molecule has 0 aromatic rings. The van der Waals surface area contributed by atoms with Crippen LogP contribution < -0.4 is 0 Å². The summed E-state index contributed by atoms with van der Waals surface area (Å²) in [6.07, 6.45) is 11.0. The Hall–Kier alpha value is -0.570. The summed E-state index contributed by atoms with van der Waals surface area (Å²) in [5, 5.41) is 0. The van der Waals surface area contributed by atoms with Crippen molar-refractivity contribution in [3.05, 3.63) is 0 Å². The number of piperidine rings is 1. The van der Waals surface area contributed by atoms with Crippen LogP contribution in [0.15, 0.2) is 0 Å². The van der Waals surface area contributed by atoms with Gasteiger partial charge in [-0.05, 0) is 39.0 Å². The molecule has 0 aromatic heterocycles. The van der Waals surface area contributed by atoms with E-state index in [4.69, 9.17) is 4.74 Å². The summed E-state index contributed by atoms with van der Waals surface area (Å²) in [5.74, 6) is -0.00529. The average Bonchev–Trinajstić information content (AvgIpc) is 2.81. The molecule has 3 atom stereocenters. The SMILES string of the molecule is CCCC[C@@H]1CC[C@H]2CCC[C@H](CC(=O)OCC)N12. The molecule has 2 aliphatic heterocycles. The van der Waals surface area contributed by atoms with E-state index in [-0.39, 0.29) is 5.97 Å². The molecule has 0 aliphatic carbocycles. The summed E-state index contributed by atoms with van der Waals surface area (Å²) < 4.78 is 5.14. The highest BCUT2D eigenvalue weighted by molar-refractivity contribution is 5.70. The number of carbonyl (C=O) groups excluding carboxylic acids is 1. The third-order valence-corrected chi connectivity index (χ3v) is 4.77. The Balaban J connectivity index is 1.94. The Kier molecular flexibility index (Phi) is 5.68. The van der Waals surface area contributed by atoms with Crippen LogP contribution in [0.2, 0.25) is 0 Å². The quantitative estimate of drug-likeness (QED) is 0.690. The van der Waals surface area contributed by atoms with Crippen LogP contribution in [0.4, 0.5) is 0 Å². The molecule has 2 heterocycles. The van der Waals surface area contributed by atoms with Crippen molar-refractivity contribution in [1.29, 1.82) is 0 Å². The molecule has 110 valence electrons. The van der Waals surface area contributed by atoms with Crippen LogP contribution >= 0.6 is 0 Å². The number of hydrogen-bond donors (Lipinski definition) is 0. The molecule has 0 bridgehead atoms. The molecule has 0 amide bonds. The molecular weight excluding hydrogens is 238 g/mol. The molecule has 3 nitrogen and oxygen atoms in total. The van der Waals surface area contributed by atoms with Crippen LogP contribution in [0.5, 0.6) is 0 Å². The highest BCUT2D eigenvalue weighted by atomic mass is 16.5. The average molecular weight is 267 g/mol. The Labute approximate surface area is 117 Å². The zero-order valence-electron chi connectivity index (χ0n) is 12.6. The molecule has 0 aromatic carbocycles. The molecule has 0 N–H and O–H groups in total. The van der Waals surface area contributed by atoms with Gasteiger partial charge in [0.05, 0.1) is 13.0 Å². The van der Waals surface area contributed by atoms with Gasteiger partial charge in [0.15, 0.2) is 0 Å². The van der Waals surface area contributed by atoms with Crippen LogP contribution in [0, 0.1) is 0 Å². The van der Waals surface area contributed by atoms with E-state index in [2.05, 4.69) is 11.8 Å². The number of rotatable bonds is 6. The smallest absolute Gasteiger partial charge is 0.307 e. The summed E-state index contributed by atoms with van der Waals surface area (Å²) in [7, 11) is 0. The van der Waals surface area contributed by atoms with Gasteiger partial charge in [-0.15, -0.1) is 0 Å². The molecule has 2 rings (SSSR count). The fraction of sp³-hybridized carbons (Fsp3) is 0.938. The first-order valence-electron chi connectivity index (χ1n) is 8.19. The number of unbranched alkanes of at least 4 members (excludes halogenated alkanes) is 1. The van der Waals surface area contributed by atoms with E-state index < -0.39 is 0 Å². The van der Waals surface area contributed by atoms with Gasteiger partial charge in [-0.2, -0.15) is 0 Å². The van der Waals surface area contributed by atoms with Gasteiger partial charge in [0.2, 0.25) is 0 Å². The molecule has 19 heavy (non-hydrogen) atoms. The molecule has 2 fully saturated rings. The minimum absolute atomic E-state index is 0.00529. The first kappa shape index (κ1) is 14.8. The van der Waals surface area contributed by atoms with Crippen molar-refractivity contribution in [3.63, 3.8) is 0 Å². The largest absolute Gasteiger partial charge is 0.466 e. The maximum absolute atomic E-state index is 11.8. The summed E-state index contributed by atoms with van der Waals surface area (Å²) in [6.45, 7) is 4.66. The zero-order chi connectivity index (χ0) is 13.7. The highest BCUT2D eigenvalue weighted by Crippen LogP contribution is 2.38.